The molecular formula is C18H36ClN3O2. The largest absolute Gasteiger partial charge is 0.373 e. The molecule has 0 spiro atoms. The maximum atomic E-state index is 12.5. The quantitative estimate of drug-likeness (QED) is 0.815. The summed E-state index contributed by atoms with van der Waals surface area (Å²) in [5, 5.41) is 0. The molecule has 2 heterocycles. The molecule has 1 amide bonds. The number of hydrogen-bond donors (Lipinski definition) is 1. The number of amides is 1. The van der Waals surface area contributed by atoms with E-state index < -0.39 is 0 Å². The van der Waals surface area contributed by atoms with Gasteiger partial charge in [0.2, 0.25) is 5.91 Å². The zero-order valence-corrected chi connectivity index (χ0v) is 16.6. The third-order valence-corrected chi connectivity index (χ3v) is 5.48. The summed E-state index contributed by atoms with van der Waals surface area (Å²) in [5.41, 5.74) is 6.10. The zero-order valence-electron chi connectivity index (χ0n) is 15.7. The number of hydrogen-bond acceptors (Lipinski definition) is 4. The van der Waals surface area contributed by atoms with Gasteiger partial charge in [-0.2, -0.15) is 0 Å². The number of ether oxygens (including phenoxy) is 1. The van der Waals surface area contributed by atoms with Crippen LogP contribution in [0.1, 0.15) is 47.0 Å². The van der Waals surface area contributed by atoms with Crippen molar-refractivity contribution in [2.75, 3.05) is 32.7 Å². The summed E-state index contributed by atoms with van der Waals surface area (Å²) in [6.45, 7) is 13.4. The highest BCUT2D eigenvalue weighted by Gasteiger charge is 2.30. The van der Waals surface area contributed by atoms with Crippen molar-refractivity contribution in [3.05, 3.63) is 0 Å². The first kappa shape index (κ1) is 21.7. The number of nitrogens with two attached hydrogens (primary N) is 1. The highest BCUT2D eigenvalue weighted by Crippen LogP contribution is 2.22. The van der Waals surface area contributed by atoms with Crippen LogP contribution in [0.2, 0.25) is 0 Å². The summed E-state index contributed by atoms with van der Waals surface area (Å²) < 4.78 is 5.80. The average Bonchev–Trinajstić information content (AvgIpc) is 2.52. The lowest BCUT2D eigenvalue weighted by atomic mass is 9.93. The second-order valence-corrected chi connectivity index (χ2v) is 7.66. The molecule has 0 aromatic heterocycles. The SMILES string of the molecule is CCC(C)C(N)C(=O)N1CCC(CN2CC(C)OC(C)C2)CC1.Cl. The van der Waals surface area contributed by atoms with Crippen LogP contribution in [-0.4, -0.2) is 66.7 Å². The molecule has 2 aliphatic rings. The lowest BCUT2D eigenvalue weighted by molar-refractivity contribution is -0.135. The van der Waals surface area contributed by atoms with Gasteiger partial charge in [-0.15, -0.1) is 12.4 Å². The number of carbonyl (C=O) groups is 1. The van der Waals surface area contributed by atoms with Crippen LogP contribution in [0.3, 0.4) is 0 Å². The van der Waals surface area contributed by atoms with Crippen molar-refractivity contribution >= 4 is 18.3 Å². The van der Waals surface area contributed by atoms with Crippen LogP contribution >= 0.6 is 12.4 Å². The number of morpholine rings is 1. The van der Waals surface area contributed by atoms with Crippen molar-refractivity contribution in [1.29, 1.82) is 0 Å². The van der Waals surface area contributed by atoms with Gasteiger partial charge in [-0.3, -0.25) is 9.69 Å². The Morgan fingerprint density at radius 1 is 1.21 bits per heavy atom. The molecule has 0 bridgehead atoms. The van der Waals surface area contributed by atoms with E-state index in [1.165, 1.54) is 0 Å². The Morgan fingerprint density at radius 2 is 1.75 bits per heavy atom. The fraction of sp³-hybridized carbons (Fsp3) is 0.944. The van der Waals surface area contributed by atoms with Crippen molar-refractivity contribution in [3.63, 3.8) is 0 Å². The number of carbonyl (C=O) groups excluding carboxylic acids is 1. The molecule has 6 heteroatoms. The van der Waals surface area contributed by atoms with E-state index in [4.69, 9.17) is 10.5 Å². The number of halogens is 1. The maximum absolute atomic E-state index is 12.5. The van der Waals surface area contributed by atoms with Gasteiger partial charge in [-0.25, -0.2) is 0 Å². The van der Waals surface area contributed by atoms with Crippen molar-refractivity contribution in [2.45, 2.75) is 65.2 Å². The van der Waals surface area contributed by atoms with Crippen LogP contribution in [0.5, 0.6) is 0 Å². The van der Waals surface area contributed by atoms with Gasteiger partial charge in [0, 0.05) is 32.7 Å². The van der Waals surface area contributed by atoms with Gasteiger partial charge < -0.3 is 15.4 Å². The molecule has 0 aromatic carbocycles. The van der Waals surface area contributed by atoms with E-state index in [9.17, 15) is 4.79 Å². The number of rotatable bonds is 5. The minimum Gasteiger partial charge on any atom is -0.373 e. The lowest BCUT2D eigenvalue weighted by Gasteiger charge is -2.40. The third-order valence-electron chi connectivity index (χ3n) is 5.48. The second kappa shape index (κ2) is 9.95. The Labute approximate surface area is 153 Å². The van der Waals surface area contributed by atoms with Crippen LogP contribution in [0.15, 0.2) is 0 Å². The molecule has 2 N–H and O–H groups in total. The highest BCUT2D eigenvalue weighted by atomic mass is 35.5. The predicted molar refractivity (Wildman–Crippen MR) is 100 cm³/mol. The Kier molecular flexibility index (Phi) is 8.99. The average molecular weight is 362 g/mol. The van der Waals surface area contributed by atoms with Gasteiger partial charge in [0.25, 0.3) is 0 Å². The molecule has 2 saturated heterocycles. The molecule has 4 atom stereocenters. The van der Waals surface area contributed by atoms with Gasteiger partial charge in [0.15, 0.2) is 0 Å². The molecule has 2 aliphatic heterocycles. The fourth-order valence-corrected chi connectivity index (χ4v) is 3.84. The molecule has 4 unspecified atom stereocenters. The molecular weight excluding hydrogens is 326 g/mol. The first-order valence-corrected chi connectivity index (χ1v) is 9.32. The van der Waals surface area contributed by atoms with Gasteiger partial charge in [-0.05, 0) is 38.5 Å². The first-order valence-electron chi connectivity index (χ1n) is 9.32. The molecule has 2 fully saturated rings. The van der Waals surface area contributed by atoms with Gasteiger partial charge in [0.05, 0.1) is 18.2 Å². The number of likely N-dealkylation sites (tertiary alicyclic amines) is 1. The summed E-state index contributed by atoms with van der Waals surface area (Å²) in [6, 6.07) is -0.336. The van der Waals surface area contributed by atoms with E-state index in [-0.39, 0.29) is 30.3 Å². The van der Waals surface area contributed by atoms with Crippen molar-refractivity contribution < 1.29 is 9.53 Å². The number of piperidine rings is 1. The van der Waals surface area contributed by atoms with Gasteiger partial charge in [-0.1, -0.05) is 20.3 Å². The summed E-state index contributed by atoms with van der Waals surface area (Å²) in [6.07, 6.45) is 3.80. The topological polar surface area (TPSA) is 58.8 Å². The Hall–Kier alpha value is -0.360. The third kappa shape index (κ3) is 5.87. The normalized spacial score (nSPS) is 29.0. The monoisotopic (exact) mass is 361 g/mol. The summed E-state index contributed by atoms with van der Waals surface area (Å²) in [4.78, 5) is 17.0. The number of nitrogens with zero attached hydrogens (tertiary/aromatic N) is 2. The maximum Gasteiger partial charge on any atom is 0.239 e. The van der Waals surface area contributed by atoms with Crippen LogP contribution in [-0.2, 0) is 9.53 Å². The van der Waals surface area contributed by atoms with E-state index >= 15 is 0 Å². The summed E-state index contributed by atoms with van der Waals surface area (Å²) >= 11 is 0. The Morgan fingerprint density at radius 3 is 2.25 bits per heavy atom. The van der Waals surface area contributed by atoms with Gasteiger partial charge in [0.1, 0.15) is 0 Å². The lowest BCUT2D eigenvalue weighted by Crippen LogP contribution is -2.51. The fourth-order valence-electron chi connectivity index (χ4n) is 3.84. The molecule has 5 nitrogen and oxygen atoms in total. The van der Waals surface area contributed by atoms with Crippen LogP contribution < -0.4 is 5.73 Å². The molecule has 142 valence electrons. The molecule has 0 aliphatic carbocycles. The highest BCUT2D eigenvalue weighted by molar-refractivity contribution is 5.85. The minimum atomic E-state index is -0.336. The molecule has 0 saturated carbocycles. The van der Waals surface area contributed by atoms with Crippen LogP contribution in [0.25, 0.3) is 0 Å². The Balaban J connectivity index is 0.00000288. The predicted octanol–water partition coefficient (Wildman–Crippen LogP) is 2.13. The van der Waals surface area contributed by atoms with E-state index in [0.29, 0.717) is 18.1 Å². The van der Waals surface area contributed by atoms with E-state index in [2.05, 4.69) is 32.6 Å². The van der Waals surface area contributed by atoms with Crippen LogP contribution in [0, 0.1) is 11.8 Å². The smallest absolute Gasteiger partial charge is 0.239 e. The Bertz CT molecular complexity index is 378. The van der Waals surface area contributed by atoms with Crippen molar-refractivity contribution in [1.82, 2.24) is 9.80 Å². The molecule has 24 heavy (non-hydrogen) atoms. The molecule has 2 rings (SSSR count). The zero-order chi connectivity index (χ0) is 17.0. The first-order chi connectivity index (χ1) is 10.9. The van der Waals surface area contributed by atoms with Crippen molar-refractivity contribution in [2.24, 2.45) is 17.6 Å². The van der Waals surface area contributed by atoms with Gasteiger partial charge >= 0.3 is 0 Å². The summed E-state index contributed by atoms with van der Waals surface area (Å²) in [7, 11) is 0. The summed E-state index contributed by atoms with van der Waals surface area (Å²) in [5.74, 6) is 1.10. The second-order valence-electron chi connectivity index (χ2n) is 7.66. The van der Waals surface area contributed by atoms with Crippen molar-refractivity contribution in [3.8, 4) is 0 Å². The minimum absolute atomic E-state index is 0. The van der Waals surface area contributed by atoms with Crippen LogP contribution in [0.4, 0.5) is 0 Å². The molecule has 0 aromatic rings. The van der Waals surface area contributed by atoms with E-state index in [1.807, 2.05) is 4.90 Å². The molecule has 0 radical (unpaired) electrons. The standard InChI is InChI=1S/C18H35N3O2.ClH/c1-5-13(2)17(19)18(22)21-8-6-16(7-9-21)12-20-10-14(3)23-15(4)11-20;/h13-17H,5-12,19H2,1-4H3;1H. The van der Waals surface area contributed by atoms with E-state index in [1.54, 1.807) is 0 Å². The van der Waals surface area contributed by atoms with E-state index in [0.717, 1.165) is 52.0 Å².